The summed E-state index contributed by atoms with van der Waals surface area (Å²) in [7, 11) is 0. The van der Waals surface area contributed by atoms with Gasteiger partial charge in [-0.25, -0.2) is 4.39 Å². The Kier molecular flexibility index (Phi) is 4.27. The van der Waals surface area contributed by atoms with Crippen LogP contribution in [-0.2, 0) is 11.2 Å². The van der Waals surface area contributed by atoms with E-state index in [4.69, 9.17) is 4.52 Å². The van der Waals surface area contributed by atoms with Crippen LogP contribution in [0.25, 0.3) is 0 Å². The summed E-state index contributed by atoms with van der Waals surface area (Å²) in [6.07, 6.45) is 0.249. The molecule has 0 bridgehead atoms. The third kappa shape index (κ3) is 3.10. The smallest absolute Gasteiger partial charge is 0.237 e. The molecule has 0 aliphatic heterocycles. The maximum atomic E-state index is 13.6. The Morgan fingerprint density at radius 2 is 2.05 bits per heavy atom. The molecule has 0 fully saturated rings. The first-order valence-corrected chi connectivity index (χ1v) is 6.55. The molecule has 2 rings (SSSR count). The molecule has 0 spiro atoms. The number of ketones is 1. The number of hydrogen-bond donors (Lipinski definition) is 0. The average molecular weight is 276 g/mol. The predicted molar refractivity (Wildman–Crippen MR) is 71.8 cm³/mol. The van der Waals surface area contributed by atoms with Crippen molar-refractivity contribution in [1.29, 1.82) is 0 Å². The zero-order valence-electron chi connectivity index (χ0n) is 11.8. The van der Waals surface area contributed by atoms with Crippen molar-refractivity contribution in [2.45, 2.75) is 33.1 Å². The molecule has 2 aromatic rings. The lowest BCUT2D eigenvalue weighted by atomic mass is 9.92. The molecule has 0 aliphatic carbocycles. The summed E-state index contributed by atoms with van der Waals surface area (Å²) in [5.74, 6) is 0.0499. The van der Waals surface area contributed by atoms with Crippen molar-refractivity contribution < 1.29 is 13.7 Å². The molecule has 5 heteroatoms. The second-order valence-electron chi connectivity index (χ2n) is 5.15. The maximum Gasteiger partial charge on any atom is 0.237 e. The van der Waals surface area contributed by atoms with Crippen LogP contribution in [0.3, 0.4) is 0 Å². The molecular formula is C15H17FN2O2. The first-order valence-electron chi connectivity index (χ1n) is 6.55. The van der Waals surface area contributed by atoms with Gasteiger partial charge < -0.3 is 4.52 Å². The quantitative estimate of drug-likeness (QED) is 0.842. The van der Waals surface area contributed by atoms with Gasteiger partial charge in [-0.3, -0.25) is 4.79 Å². The van der Waals surface area contributed by atoms with Crippen LogP contribution in [0.5, 0.6) is 0 Å². The molecule has 1 unspecified atom stereocenters. The zero-order chi connectivity index (χ0) is 14.7. The lowest BCUT2D eigenvalue weighted by Gasteiger charge is -2.12. The fourth-order valence-electron chi connectivity index (χ4n) is 2.21. The van der Waals surface area contributed by atoms with Crippen molar-refractivity contribution in [3.05, 3.63) is 47.4 Å². The molecule has 1 atom stereocenters. The molecular weight excluding hydrogens is 259 g/mol. The van der Waals surface area contributed by atoms with E-state index in [0.29, 0.717) is 17.3 Å². The van der Waals surface area contributed by atoms with E-state index in [0.717, 1.165) is 0 Å². The third-order valence-corrected chi connectivity index (χ3v) is 3.16. The number of aromatic nitrogens is 2. The maximum absolute atomic E-state index is 13.6. The minimum Gasteiger partial charge on any atom is -0.339 e. The predicted octanol–water partition coefficient (Wildman–Crippen LogP) is 3.13. The molecule has 4 nitrogen and oxygen atoms in total. The van der Waals surface area contributed by atoms with E-state index in [-0.39, 0.29) is 23.9 Å². The fraction of sp³-hybridized carbons (Fsp3) is 0.400. The van der Waals surface area contributed by atoms with E-state index in [1.165, 1.54) is 13.0 Å². The lowest BCUT2D eigenvalue weighted by Crippen LogP contribution is -2.15. The van der Waals surface area contributed by atoms with Gasteiger partial charge in [0.1, 0.15) is 11.6 Å². The molecule has 0 saturated carbocycles. The van der Waals surface area contributed by atoms with Crippen LogP contribution in [0.4, 0.5) is 4.39 Å². The van der Waals surface area contributed by atoms with Gasteiger partial charge in [0.2, 0.25) is 5.89 Å². The van der Waals surface area contributed by atoms with Crippen molar-refractivity contribution in [1.82, 2.24) is 10.1 Å². The molecule has 1 heterocycles. The van der Waals surface area contributed by atoms with Gasteiger partial charge in [0, 0.05) is 6.42 Å². The Balaban J connectivity index is 2.21. The van der Waals surface area contributed by atoms with Crippen LogP contribution in [0.2, 0.25) is 0 Å². The van der Waals surface area contributed by atoms with Crippen molar-refractivity contribution >= 4 is 5.78 Å². The summed E-state index contributed by atoms with van der Waals surface area (Å²) >= 11 is 0. The second kappa shape index (κ2) is 5.94. The molecule has 0 aliphatic rings. The second-order valence-corrected chi connectivity index (χ2v) is 5.15. The highest BCUT2D eigenvalue weighted by molar-refractivity contribution is 5.82. The lowest BCUT2D eigenvalue weighted by molar-refractivity contribution is -0.119. The van der Waals surface area contributed by atoms with Gasteiger partial charge in [0.15, 0.2) is 5.82 Å². The molecule has 1 aromatic carbocycles. The highest BCUT2D eigenvalue weighted by Crippen LogP contribution is 2.24. The number of rotatable bonds is 5. The van der Waals surface area contributed by atoms with Crippen molar-refractivity contribution in [3.8, 4) is 0 Å². The number of carbonyl (C=O) groups excluding carboxylic acids is 1. The Morgan fingerprint density at radius 3 is 2.65 bits per heavy atom. The standard InChI is InChI=1S/C15H17FN2O2/c1-9(2)14(10(3)19)15-17-13(18-20-15)8-11-6-4-5-7-12(11)16/h4-7,9,14H,8H2,1-3H3. The number of carbonyl (C=O) groups is 1. The minimum absolute atomic E-state index is 0.0129. The van der Waals surface area contributed by atoms with Gasteiger partial charge in [-0.1, -0.05) is 37.2 Å². The zero-order valence-corrected chi connectivity index (χ0v) is 11.8. The normalized spacial score (nSPS) is 12.7. The van der Waals surface area contributed by atoms with E-state index in [9.17, 15) is 9.18 Å². The average Bonchev–Trinajstić information content (AvgIpc) is 2.79. The van der Waals surface area contributed by atoms with Crippen LogP contribution in [0.15, 0.2) is 28.8 Å². The van der Waals surface area contributed by atoms with Gasteiger partial charge >= 0.3 is 0 Å². The summed E-state index contributed by atoms with van der Waals surface area (Å²) in [6.45, 7) is 5.35. The Hall–Kier alpha value is -2.04. The van der Waals surface area contributed by atoms with E-state index in [2.05, 4.69) is 10.1 Å². The Labute approximate surface area is 117 Å². The summed E-state index contributed by atoms with van der Waals surface area (Å²) in [6, 6.07) is 6.45. The van der Waals surface area contributed by atoms with E-state index in [1.807, 2.05) is 13.8 Å². The van der Waals surface area contributed by atoms with Crippen molar-refractivity contribution in [3.63, 3.8) is 0 Å². The van der Waals surface area contributed by atoms with Crippen LogP contribution < -0.4 is 0 Å². The molecule has 20 heavy (non-hydrogen) atoms. The SMILES string of the molecule is CC(=O)C(c1nc(Cc2ccccc2F)no1)C(C)C. The van der Waals surface area contributed by atoms with E-state index < -0.39 is 5.92 Å². The molecule has 106 valence electrons. The number of hydrogen-bond acceptors (Lipinski definition) is 4. The van der Waals surface area contributed by atoms with Crippen LogP contribution in [0.1, 0.15) is 44.0 Å². The Morgan fingerprint density at radius 1 is 1.35 bits per heavy atom. The van der Waals surface area contributed by atoms with E-state index >= 15 is 0 Å². The molecule has 1 aromatic heterocycles. The van der Waals surface area contributed by atoms with Gasteiger partial charge in [0.25, 0.3) is 0 Å². The van der Waals surface area contributed by atoms with Crippen molar-refractivity contribution in [2.24, 2.45) is 5.92 Å². The summed E-state index contributed by atoms with van der Waals surface area (Å²) in [5.41, 5.74) is 0.503. The highest BCUT2D eigenvalue weighted by Gasteiger charge is 2.26. The number of nitrogens with zero attached hydrogens (tertiary/aromatic N) is 2. The third-order valence-electron chi connectivity index (χ3n) is 3.16. The van der Waals surface area contributed by atoms with Gasteiger partial charge in [0.05, 0.1) is 5.92 Å². The number of benzene rings is 1. The largest absolute Gasteiger partial charge is 0.339 e. The van der Waals surface area contributed by atoms with Gasteiger partial charge in [-0.05, 0) is 24.5 Å². The number of Topliss-reactive ketones (excluding diaryl/α,β-unsaturated/α-hetero) is 1. The van der Waals surface area contributed by atoms with Gasteiger partial charge in [-0.15, -0.1) is 0 Å². The van der Waals surface area contributed by atoms with Crippen LogP contribution >= 0.6 is 0 Å². The highest BCUT2D eigenvalue weighted by atomic mass is 19.1. The fourth-order valence-corrected chi connectivity index (χ4v) is 2.21. The summed E-state index contributed by atoms with van der Waals surface area (Å²) in [4.78, 5) is 15.8. The summed E-state index contributed by atoms with van der Waals surface area (Å²) in [5, 5.41) is 3.83. The minimum atomic E-state index is -0.406. The molecule has 0 amide bonds. The topological polar surface area (TPSA) is 56.0 Å². The van der Waals surface area contributed by atoms with Gasteiger partial charge in [-0.2, -0.15) is 4.98 Å². The van der Waals surface area contributed by atoms with Crippen LogP contribution in [0, 0.1) is 11.7 Å². The summed E-state index contributed by atoms with van der Waals surface area (Å²) < 4.78 is 18.7. The monoisotopic (exact) mass is 276 g/mol. The molecule has 0 saturated heterocycles. The number of halogens is 1. The van der Waals surface area contributed by atoms with Crippen molar-refractivity contribution in [2.75, 3.05) is 0 Å². The molecule has 0 radical (unpaired) electrons. The first-order chi connectivity index (χ1) is 9.49. The van der Waals surface area contributed by atoms with Crippen LogP contribution in [-0.4, -0.2) is 15.9 Å². The molecule has 0 N–H and O–H groups in total. The van der Waals surface area contributed by atoms with E-state index in [1.54, 1.807) is 18.2 Å². The first kappa shape index (κ1) is 14.4. The Bertz CT molecular complexity index is 607.